The summed E-state index contributed by atoms with van der Waals surface area (Å²) in [5.74, 6) is -0.813. The molecule has 0 unspecified atom stereocenters. The molecule has 0 aromatic heterocycles. The van der Waals surface area contributed by atoms with Crippen LogP contribution >= 0.6 is 0 Å². The summed E-state index contributed by atoms with van der Waals surface area (Å²) < 4.78 is 4.66. The van der Waals surface area contributed by atoms with Gasteiger partial charge in [-0.2, -0.15) is 0 Å². The van der Waals surface area contributed by atoms with Gasteiger partial charge in [0.2, 0.25) is 5.91 Å². The predicted octanol–water partition coefficient (Wildman–Crippen LogP) is 1.10. The Morgan fingerprint density at radius 3 is 2.22 bits per heavy atom. The molecule has 2 N–H and O–H groups in total. The number of aliphatic hydroxyl groups is 1. The summed E-state index contributed by atoms with van der Waals surface area (Å²) in [7, 11) is 1.29. The number of carbonyl (C=O) groups excluding carboxylic acids is 2. The Morgan fingerprint density at radius 1 is 1.28 bits per heavy atom. The van der Waals surface area contributed by atoms with E-state index in [1.165, 1.54) is 7.11 Å². The van der Waals surface area contributed by atoms with Gasteiger partial charge in [-0.1, -0.05) is 34.1 Å². The minimum atomic E-state index is -1.08. The van der Waals surface area contributed by atoms with Crippen LogP contribution in [0.1, 0.15) is 40.5 Å². The van der Waals surface area contributed by atoms with E-state index >= 15 is 0 Å². The van der Waals surface area contributed by atoms with Gasteiger partial charge in [0.05, 0.1) is 7.11 Å². The van der Waals surface area contributed by atoms with Crippen LogP contribution in [0, 0.1) is 11.8 Å². The monoisotopic (exact) mass is 259 g/mol. The topological polar surface area (TPSA) is 75.6 Å². The molecule has 5 heteroatoms. The Labute approximate surface area is 109 Å². The zero-order chi connectivity index (χ0) is 14.3. The van der Waals surface area contributed by atoms with Crippen LogP contribution in [0.2, 0.25) is 0 Å². The smallest absolute Gasteiger partial charge is 0.328 e. The lowest BCUT2D eigenvalue weighted by Crippen LogP contribution is -2.49. The maximum atomic E-state index is 11.8. The molecule has 0 saturated carbocycles. The van der Waals surface area contributed by atoms with Crippen molar-refractivity contribution in [2.24, 2.45) is 11.8 Å². The third-order valence-electron chi connectivity index (χ3n) is 2.96. The molecule has 0 fully saturated rings. The standard InChI is InChI=1S/C13H25NO4/c1-6-9(4)11(13(17)18-5)14-12(16)10(15)7-8(2)3/h8-11,15H,6-7H2,1-5H3,(H,14,16)/t9-,10+,11+/m0/s1. The fraction of sp³-hybridized carbons (Fsp3) is 0.846. The molecule has 18 heavy (non-hydrogen) atoms. The van der Waals surface area contributed by atoms with Gasteiger partial charge in [0.1, 0.15) is 12.1 Å². The van der Waals surface area contributed by atoms with Crippen LogP contribution in [0.3, 0.4) is 0 Å². The second-order valence-corrected chi connectivity index (χ2v) is 5.04. The van der Waals surface area contributed by atoms with Crippen molar-refractivity contribution in [3.63, 3.8) is 0 Å². The lowest BCUT2D eigenvalue weighted by atomic mass is 9.98. The number of hydrogen-bond acceptors (Lipinski definition) is 4. The average molecular weight is 259 g/mol. The van der Waals surface area contributed by atoms with E-state index in [0.29, 0.717) is 6.42 Å². The zero-order valence-corrected chi connectivity index (χ0v) is 11.9. The summed E-state index contributed by atoms with van der Waals surface area (Å²) in [5, 5.41) is 12.2. The number of rotatable bonds is 7. The van der Waals surface area contributed by atoms with Crippen molar-refractivity contribution >= 4 is 11.9 Å². The van der Waals surface area contributed by atoms with Gasteiger partial charge in [-0.05, 0) is 18.3 Å². The number of carbonyl (C=O) groups is 2. The molecule has 0 spiro atoms. The Kier molecular flexibility index (Phi) is 7.59. The molecule has 1 amide bonds. The molecule has 5 nitrogen and oxygen atoms in total. The fourth-order valence-electron chi connectivity index (χ4n) is 1.60. The third-order valence-corrected chi connectivity index (χ3v) is 2.96. The Balaban J connectivity index is 4.58. The molecule has 0 aliphatic heterocycles. The quantitative estimate of drug-likeness (QED) is 0.671. The molecule has 0 aliphatic carbocycles. The summed E-state index contributed by atoms with van der Waals surface area (Å²) in [5.41, 5.74) is 0. The molecular formula is C13H25NO4. The van der Waals surface area contributed by atoms with Gasteiger partial charge in [-0.3, -0.25) is 4.79 Å². The molecule has 0 radical (unpaired) electrons. The van der Waals surface area contributed by atoms with Crippen LogP contribution in [0.15, 0.2) is 0 Å². The second-order valence-electron chi connectivity index (χ2n) is 5.04. The third kappa shape index (κ3) is 5.49. The number of nitrogens with one attached hydrogen (secondary N) is 1. The molecule has 0 saturated heterocycles. The highest BCUT2D eigenvalue weighted by Crippen LogP contribution is 2.11. The largest absolute Gasteiger partial charge is 0.467 e. The summed E-state index contributed by atoms with van der Waals surface area (Å²) in [6.07, 6.45) is 0.0295. The van der Waals surface area contributed by atoms with Crippen molar-refractivity contribution in [1.82, 2.24) is 5.32 Å². The van der Waals surface area contributed by atoms with Crippen molar-refractivity contribution in [2.75, 3.05) is 7.11 Å². The van der Waals surface area contributed by atoms with E-state index in [1.807, 2.05) is 27.7 Å². The Bertz CT molecular complexity index is 278. The Morgan fingerprint density at radius 2 is 1.83 bits per heavy atom. The van der Waals surface area contributed by atoms with Crippen LogP contribution in [-0.4, -0.2) is 36.2 Å². The van der Waals surface area contributed by atoms with Gasteiger partial charge < -0.3 is 15.2 Å². The van der Waals surface area contributed by atoms with E-state index in [1.54, 1.807) is 0 Å². The molecule has 0 rings (SSSR count). The Hall–Kier alpha value is -1.10. The lowest BCUT2D eigenvalue weighted by molar-refractivity contribution is -0.148. The number of aliphatic hydroxyl groups excluding tert-OH is 1. The van der Waals surface area contributed by atoms with Gasteiger partial charge in [0.25, 0.3) is 0 Å². The predicted molar refractivity (Wildman–Crippen MR) is 68.9 cm³/mol. The van der Waals surface area contributed by atoms with Gasteiger partial charge in [-0.25, -0.2) is 4.79 Å². The van der Waals surface area contributed by atoms with Crippen molar-refractivity contribution in [3.05, 3.63) is 0 Å². The summed E-state index contributed by atoms with van der Waals surface area (Å²) in [6, 6.07) is -0.700. The van der Waals surface area contributed by atoms with Crippen LogP contribution in [0.5, 0.6) is 0 Å². The molecule has 3 atom stereocenters. The van der Waals surface area contributed by atoms with Crippen LogP contribution < -0.4 is 5.32 Å². The van der Waals surface area contributed by atoms with Crippen LogP contribution in [-0.2, 0) is 14.3 Å². The average Bonchev–Trinajstić information content (AvgIpc) is 2.32. The highest BCUT2D eigenvalue weighted by atomic mass is 16.5. The van der Waals surface area contributed by atoms with Crippen LogP contribution in [0.4, 0.5) is 0 Å². The molecule has 0 aliphatic rings. The number of ether oxygens (including phenoxy) is 1. The first kappa shape index (κ1) is 16.9. The van der Waals surface area contributed by atoms with Crippen molar-refractivity contribution in [1.29, 1.82) is 0 Å². The number of amides is 1. The van der Waals surface area contributed by atoms with E-state index in [0.717, 1.165) is 6.42 Å². The van der Waals surface area contributed by atoms with Crippen molar-refractivity contribution in [3.8, 4) is 0 Å². The SMILES string of the molecule is CC[C@H](C)[C@@H](NC(=O)[C@H](O)CC(C)C)C(=O)OC. The van der Waals surface area contributed by atoms with Crippen molar-refractivity contribution in [2.45, 2.75) is 52.7 Å². The first-order valence-corrected chi connectivity index (χ1v) is 6.39. The molecule has 0 heterocycles. The molecular weight excluding hydrogens is 234 g/mol. The highest BCUT2D eigenvalue weighted by molar-refractivity contribution is 5.86. The van der Waals surface area contributed by atoms with Crippen molar-refractivity contribution < 1.29 is 19.4 Å². The van der Waals surface area contributed by atoms with E-state index in [2.05, 4.69) is 10.1 Å². The van der Waals surface area contributed by atoms with E-state index in [4.69, 9.17) is 0 Å². The molecule has 0 bridgehead atoms. The second kappa shape index (κ2) is 8.08. The molecule has 0 aromatic rings. The first-order valence-electron chi connectivity index (χ1n) is 6.39. The normalized spacial score (nSPS) is 15.9. The first-order chi connectivity index (χ1) is 8.33. The van der Waals surface area contributed by atoms with Crippen LogP contribution in [0.25, 0.3) is 0 Å². The molecule has 0 aromatic carbocycles. The number of methoxy groups -OCH3 is 1. The molecule has 106 valence electrons. The fourth-order valence-corrected chi connectivity index (χ4v) is 1.60. The minimum absolute atomic E-state index is 0.0346. The maximum absolute atomic E-state index is 11.8. The lowest BCUT2D eigenvalue weighted by Gasteiger charge is -2.23. The van der Waals surface area contributed by atoms with Gasteiger partial charge >= 0.3 is 5.97 Å². The summed E-state index contributed by atoms with van der Waals surface area (Å²) >= 11 is 0. The highest BCUT2D eigenvalue weighted by Gasteiger charge is 2.29. The number of esters is 1. The minimum Gasteiger partial charge on any atom is -0.467 e. The van der Waals surface area contributed by atoms with E-state index in [9.17, 15) is 14.7 Å². The van der Waals surface area contributed by atoms with Gasteiger partial charge in [0.15, 0.2) is 0 Å². The van der Waals surface area contributed by atoms with Gasteiger partial charge in [-0.15, -0.1) is 0 Å². The zero-order valence-electron chi connectivity index (χ0n) is 11.9. The van der Waals surface area contributed by atoms with E-state index in [-0.39, 0.29) is 11.8 Å². The maximum Gasteiger partial charge on any atom is 0.328 e. The number of hydrogen-bond donors (Lipinski definition) is 2. The van der Waals surface area contributed by atoms with E-state index < -0.39 is 24.0 Å². The summed E-state index contributed by atoms with van der Waals surface area (Å²) in [4.78, 5) is 23.3. The summed E-state index contributed by atoms with van der Waals surface area (Å²) in [6.45, 7) is 7.62. The van der Waals surface area contributed by atoms with Gasteiger partial charge in [0, 0.05) is 0 Å².